The van der Waals surface area contributed by atoms with Crippen molar-refractivity contribution in [3.8, 4) is 0 Å². The number of hydrogen-bond donors (Lipinski definition) is 2. The zero-order valence-corrected chi connectivity index (χ0v) is 14.3. The van der Waals surface area contributed by atoms with Crippen LogP contribution < -0.4 is 10.6 Å². The van der Waals surface area contributed by atoms with Crippen LogP contribution in [0.25, 0.3) is 0 Å². The number of aryl methyl sites for hydroxylation is 1. The molecule has 0 aliphatic carbocycles. The summed E-state index contributed by atoms with van der Waals surface area (Å²) in [6, 6.07) is 10.2. The molecular weight excluding hydrogens is 336 g/mol. The van der Waals surface area contributed by atoms with Gasteiger partial charge in [0.15, 0.2) is 0 Å². The Balaban J connectivity index is 1.64. The lowest BCUT2D eigenvalue weighted by atomic mass is 10.1. The highest BCUT2D eigenvalue weighted by molar-refractivity contribution is 7.09. The lowest BCUT2D eigenvalue weighted by Crippen LogP contribution is -2.23. The average Bonchev–Trinajstić information content (AvgIpc) is 3.06. The first-order chi connectivity index (χ1) is 12.1. The van der Waals surface area contributed by atoms with E-state index in [4.69, 9.17) is 0 Å². The molecule has 0 unspecified atom stereocenters. The number of aromatic nitrogens is 2. The molecule has 0 saturated carbocycles. The fourth-order valence-corrected chi connectivity index (χ4v) is 2.81. The zero-order chi connectivity index (χ0) is 17.6. The third kappa shape index (κ3) is 4.48. The second-order valence-electron chi connectivity index (χ2n) is 5.32. The number of hydrogen-bond acceptors (Lipinski definition) is 5. The minimum atomic E-state index is -0.274. The van der Waals surface area contributed by atoms with Crippen LogP contribution in [0.4, 0.5) is 5.69 Å². The summed E-state index contributed by atoms with van der Waals surface area (Å²) in [4.78, 5) is 32.6. The molecule has 0 fully saturated rings. The van der Waals surface area contributed by atoms with Crippen LogP contribution >= 0.6 is 11.3 Å². The summed E-state index contributed by atoms with van der Waals surface area (Å²) < 4.78 is 0. The molecule has 0 radical (unpaired) electrons. The van der Waals surface area contributed by atoms with Crippen LogP contribution in [0.5, 0.6) is 0 Å². The smallest absolute Gasteiger partial charge is 0.257 e. The molecule has 6 nitrogen and oxygen atoms in total. The van der Waals surface area contributed by atoms with E-state index < -0.39 is 0 Å². The fourth-order valence-electron chi connectivity index (χ4n) is 2.20. The van der Waals surface area contributed by atoms with Crippen LogP contribution in [0.2, 0.25) is 0 Å². The molecule has 3 aromatic rings. The summed E-state index contributed by atoms with van der Waals surface area (Å²) in [5, 5.41) is 8.46. The predicted molar refractivity (Wildman–Crippen MR) is 96.7 cm³/mol. The van der Waals surface area contributed by atoms with Gasteiger partial charge in [0.25, 0.3) is 11.8 Å². The van der Waals surface area contributed by atoms with Crippen molar-refractivity contribution in [1.29, 1.82) is 0 Å². The minimum absolute atomic E-state index is 0.219. The second-order valence-corrected chi connectivity index (χ2v) is 6.38. The topological polar surface area (TPSA) is 84.0 Å². The second kappa shape index (κ2) is 7.67. The first-order valence-electron chi connectivity index (χ1n) is 7.62. The van der Waals surface area contributed by atoms with Gasteiger partial charge in [-0.3, -0.25) is 14.6 Å². The van der Waals surface area contributed by atoms with E-state index >= 15 is 0 Å². The molecule has 7 heteroatoms. The normalized spacial score (nSPS) is 10.3. The molecule has 1 aromatic carbocycles. The number of amides is 2. The van der Waals surface area contributed by atoms with Crippen molar-refractivity contribution in [3.63, 3.8) is 0 Å². The summed E-state index contributed by atoms with van der Waals surface area (Å²) in [5.74, 6) is -0.494. The molecule has 0 saturated heterocycles. The summed E-state index contributed by atoms with van der Waals surface area (Å²) in [5.41, 5.74) is 2.30. The summed E-state index contributed by atoms with van der Waals surface area (Å²) in [6.45, 7) is 2.29. The molecule has 2 N–H and O–H groups in total. The molecule has 2 heterocycles. The molecule has 25 heavy (non-hydrogen) atoms. The van der Waals surface area contributed by atoms with Gasteiger partial charge in [-0.05, 0) is 37.3 Å². The fraction of sp³-hybridized carbons (Fsp3) is 0.111. The van der Waals surface area contributed by atoms with E-state index in [2.05, 4.69) is 20.6 Å². The van der Waals surface area contributed by atoms with Gasteiger partial charge in [0, 0.05) is 29.0 Å². The van der Waals surface area contributed by atoms with Gasteiger partial charge in [-0.15, -0.1) is 11.3 Å². The first-order valence-corrected chi connectivity index (χ1v) is 8.50. The molecule has 0 atom stereocenters. The number of anilines is 1. The molecule has 0 aliphatic rings. The lowest BCUT2D eigenvalue weighted by Gasteiger charge is -2.08. The average molecular weight is 352 g/mol. The van der Waals surface area contributed by atoms with Crippen LogP contribution in [0.3, 0.4) is 0 Å². The first kappa shape index (κ1) is 16.8. The van der Waals surface area contributed by atoms with E-state index in [-0.39, 0.29) is 11.8 Å². The van der Waals surface area contributed by atoms with Gasteiger partial charge >= 0.3 is 0 Å². The number of rotatable bonds is 5. The highest BCUT2D eigenvalue weighted by Gasteiger charge is 2.10. The zero-order valence-electron chi connectivity index (χ0n) is 13.5. The molecule has 0 spiro atoms. The quantitative estimate of drug-likeness (QED) is 0.739. The van der Waals surface area contributed by atoms with Gasteiger partial charge < -0.3 is 10.6 Å². The summed E-state index contributed by atoms with van der Waals surface area (Å²) in [6.07, 6.45) is 3.09. The van der Waals surface area contributed by atoms with Gasteiger partial charge in [0.1, 0.15) is 0 Å². The van der Waals surface area contributed by atoms with Gasteiger partial charge in [0.05, 0.1) is 22.8 Å². The SMILES string of the molecule is Cc1nc(CNC(=O)c2cccc(NC(=O)c3cccnc3)c2)cs1. The molecule has 2 aromatic heterocycles. The number of pyridine rings is 1. The number of carbonyl (C=O) groups excluding carboxylic acids is 2. The van der Waals surface area contributed by atoms with Crippen LogP contribution in [-0.4, -0.2) is 21.8 Å². The van der Waals surface area contributed by atoms with E-state index in [1.807, 2.05) is 12.3 Å². The third-order valence-corrected chi connectivity index (χ3v) is 4.23. The standard InChI is InChI=1S/C18H16N4O2S/c1-12-21-16(11-25-12)10-20-17(23)13-4-2-6-15(8-13)22-18(24)14-5-3-7-19-9-14/h2-9,11H,10H2,1H3,(H,20,23)(H,22,24). The van der Waals surface area contributed by atoms with Crippen molar-refractivity contribution >= 4 is 28.8 Å². The van der Waals surface area contributed by atoms with E-state index in [1.165, 1.54) is 6.20 Å². The van der Waals surface area contributed by atoms with Crippen molar-refractivity contribution in [2.24, 2.45) is 0 Å². The van der Waals surface area contributed by atoms with Gasteiger partial charge in [-0.25, -0.2) is 4.98 Å². The Kier molecular flexibility index (Phi) is 5.15. The Morgan fingerprint density at radius 2 is 1.96 bits per heavy atom. The van der Waals surface area contributed by atoms with Crippen LogP contribution in [-0.2, 0) is 6.54 Å². The third-order valence-electron chi connectivity index (χ3n) is 3.40. The molecular formula is C18H16N4O2S. The number of carbonyl (C=O) groups is 2. The number of thiazole rings is 1. The van der Waals surface area contributed by atoms with Crippen LogP contribution in [0, 0.1) is 6.92 Å². The summed E-state index contributed by atoms with van der Waals surface area (Å²) >= 11 is 1.54. The van der Waals surface area contributed by atoms with Crippen molar-refractivity contribution in [3.05, 3.63) is 76.0 Å². The van der Waals surface area contributed by atoms with Crippen molar-refractivity contribution in [2.75, 3.05) is 5.32 Å². The monoisotopic (exact) mass is 352 g/mol. The van der Waals surface area contributed by atoms with Gasteiger partial charge in [-0.1, -0.05) is 6.07 Å². The van der Waals surface area contributed by atoms with E-state index in [0.717, 1.165) is 10.7 Å². The number of benzene rings is 1. The Morgan fingerprint density at radius 3 is 2.68 bits per heavy atom. The lowest BCUT2D eigenvalue weighted by molar-refractivity contribution is 0.0949. The maximum atomic E-state index is 12.3. The van der Waals surface area contributed by atoms with Crippen molar-refractivity contribution in [1.82, 2.24) is 15.3 Å². The van der Waals surface area contributed by atoms with Crippen LogP contribution in [0.1, 0.15) is 31.4 Å². The maximum Gasteiger partial charge on any atom is 0.257 e. The number of nitrogens with zero attached hydrogens (tertiary/aromatic N) is 2. The van der Waals surface area contributed by atoms with Crippen molar-refractivity contribution < 1.29 is 9.59 Å². The molecule has 3 rings (SSSR count). The predicted octanol–water partition coefficient (Wildman–Crippen LogP) is 3.03. The van der Waals surface area contributed by atoms with Gasteiger partial charge in [0.2, 0.25) is 0 Å². The van der Waals surface area contributed by atoms with Crippen molar-refractivity contribution in [2.45, 2.75) is 13.5 Å². The van der Waals surface area contributed by atoms with Gasteiger partial charge in [-0.2, -0.15) is 0 Å². The van der Waals surface area contributed by atoms with E-state index in [9.17, 15) is 9.59 Å². The largest absolute Gasteiger partial charge is 0.346 e. The molecule has 126 valence electrons. The Labute approximate surface area is 149 Å². The van der Waals surface area contributed by atoms with E-state index in [1.54, 1.807) is 53.9 Å². The highest BCUT2D eigenvalue weighted by atomic mass is 32.1. The minimum Gasteiger partial charge on any atom is -0.346 e. The summed E-state index contributed by atoms with van der Waals surface area (Å²) in [7, 11) is 0. The molecule has 0 aliphatic heterocycles. The number of nitrogens with one attached hydrogen (secondary N) is 2. The van der Waals surface area contributed by atoms with Crippen LogP contribution in [0.15, 0.2) is 54.2 Å². The van der Waals surface area contributed by atoms with E-state index in [0.29, 0.717) is 23.4 Å². The highest BCUT2D eigenvalue weighted by Crippen LogP contribution is 2.13. The Hall–Kier alpha value is -3.06. The Bertz CT molecular complexity index is 893. The molecule has 2 amide bonds. The Morgan fingerprint density at radius 1 is 1.12 bits per heavy atom. The maximum absolute atomic E-state index is 12.3. The molecule has 0 bridgehead atoms.